The number of ether oxygens (including phenoxy) is 1. The van der Waals surface area contributed by atoms with E-state index in [1.54, 1.807) is 0 Å². The summed E-state index contributed by atoms with van der Waals surface area (Å²) in [5.74, 6) is 0.442. The molecule has 1 saturated heterocycles. The second-order valence-electron chi connectivity index (χ2n) is 8.07. The van der Waals surface area contributed by atoms with Gasteiger partial charge in [-0.05, 0) is 61.7 Å². The van der Waals surface area contributed by atoms with Crippen LogP contribution in [-0.2, 0) is 10.0 Å². The van der Waals surface area contributed by atoms with Crippen LogP contribution in [0.3, 0.4) is 0 Å². The average Bonchev–Trinajstić information content (AvgIpc) is 3.22. The van der Waals surface area contributed by atoms with Crippen molar-refractivity contribution in [3.8, 4) is 5.75 Å². The number of likely N-dealkylation sites (tertiary alicyclic amines) is 1. The van der Waals surface area contributed by atoms with E-state index in [1.165, 1.54) is 41.8 Å². The van der Waals surface area contributed by atoms with E-state index in [0.717, 1.165) is 32.5 Å². The molecule has 4 rings (SSSR count). The van der Waals surface area contributed by atoms with Crippen LogP contribution in [0.1, 0.15) is 34.7 Å². The lowest BCUT2D eigenvalue weighted by molar-refractivity contribution is 0.0942. The van der Waals surface area contributed by atoms with E-state index >= 15 is 0 Å². The predicted octanol–water partition coefficient (Wildman–Crippen LogP) is 2.43. The zero-order valence-corrected chi connectivity index (χ0v) is 18.8. The number of H-pyrrole nitrogens is 1. The molecule has 9 heteroatoms. The van der Waals surface area contributed by atoms with E-state index in [2.05, 4.69) is 39.6 Å². The monoisotopic (exact) mass is 456 g/mol. The minimum Gasteiger partial charge on any atom is -0.496 e. The first-order chi connectivity index (χ1) is 15.4. The van der Waals surface area contributed by atoms with Gasteiger partial charge in [0.05, 0.1) is 17.6 Å². The number of nitrogens with zero attached hydrogens (tertiary/aromatic N) is 1. The van der Waals surface area contributed by atoms with Crippen LogP contribution in [0.5, 0.6) is 5.75 Å². The largest absolute Gasteiger partial charge is 0.496 e. The molecule has 0 spiro atoms. The van der Waals surface area contributed by atoms with Gasteiger partial charge in [-0.3, -0.25) is 4.79 Å². The molecule has 0 saturated carbocycles. The van der Waals surface area contributed by atoms with Crippen LogP contribution in [0.2, 0.25) is 0 Å². The topological polar surface area (TPSA) is 118 Å². The highest BCUT2D eigenvalue weighted by Crippen LogP contribution is 2.33. The first-order valence-electron chi connectivity index (χ1n) is 10.6. The van der Waals surface area contributed by atoms with Crippen molar-refractivity contribution in [2.75, 3.05) is 33.3 Å². The van der Waals surface area contributed by atoms with E-state index in [4.69, 9.17) is 9.88 Å². The molecule has 0 aliphatic carbocycles. The van der Waals surface area contributed by atoms with Crippen LogP contribution in [0, 0.1) is 0 Å². The number of para-hydroxylation sites is 1. The second kappa shape index (κ2) is 9.32. The lowest BCUT2D eigenvalue weighted by Gasteiger charge is -2.32. The van der Waals surface area contributed by atoms with Crippen molar-refractivity contribution < 1.29 is 17.9 Å². The highest BCUT2D eigenvalue weighted by molar-refractivity contribution is 7.89. The van der Waals surface area contributed by atoms with Crippen LogP contribution < -0.4 is 15.2 Å². The number of carbonyl (C=O) groups excluding carboxylic acids is 1. The smallest absolute Gasteiger partial charge is 0.255 e. The van der Waals surface area contributed by atoms with Crippen molar-refractivity contribution in [3.05, 3.63) is 59.8 Å². The molecular weight excluding hydrogens is 428 g/mol. The van der Waals surface area contributed by atoms with Gasteiger partial charge < -0.3 is 19.9 Å². The Kier molecular flexibility index (Phi) is 6.50. The molecule has 0 bridgehead atoms. The number of primary sulfonamides is 1. The normalized spacial score (nSPS) is 15.7. The summed E-state index contributed by atoms with van der Waals surface area (Å²) in [7, 11) is -2.47. The van der Waals surface area contributed by atoms with Gasteiger partial charge in [-0.15, -0.1) is 0 Å². The zero-order valence-electron chi connectivity index (χ0n) is 18.0. The van der Waals surface area contributed by atoms with E-state index in [1.807, 2.05) is 6.07 Å². The molecule has 1 amide bonds. The SMILES string of the molecule is COc1ccc(S(N)(=O)=O)cc1C(=O)NCCN1CCC(c2c[nH]c3ccccc23)CC1. The Bertz CT molecular complexity index is 1210. The molecule has 0 unspecified atom stereocenters. The van der Waals surface area contributed by atoms with Gasteiger partial charge in [0.2, 0.25) is 10.0 Å². The van der Waals surface area contributed by atoms with Crippen molar-refractivity contribution in [1.82, 2.24) is 15.2 Å². The first kappa shape index (κ1) is 22.3. The minimum atomic E-state index is -3.91. The molecule has 1 aliphatic rings. The Morgan fingerprint density at radius 2 is 1.97 bits per heavy atom. The van der Waals surface area contributed by atoms with Gasteiger partial charge in [0.25, 0.3) is 5.91 Å². The summed E-state index contributed by atoms with van der Waals surface area (Å²) in [6.45, 7) is 3.11. The Balaban J connectivity index is 1.31. The number of nitrogens with two attached hydrogens (primary N) is 1. The number of aromatic nitrogens is 1. The molecule has 2 heterocycles. The van der Waals surface area contributed by atoms with Crippen LogP contribution in [0.4, 0.5) is 0 Å². The van der Waals surface area contributed by atoms with Gasteiger partial charge in [0, 0.05) is 30.2 Å². The molecule has 3 aromatic rings. The number of amides is 1. The molecule has 0 radical (unpaired) electrons. The van der Waals surface area contributed by atoms with Crippen LogP contribution >= 0.6 is 0 Å². The molecule has 0 atom stereocenters. The molecule has 1 fully saturated rings. The standard InChI is InChI=1S/C23H28N4O4S/c1-31-22-7-6-17(32(24,29)30)14-19(22)23(28)25-10-13-27-11-8-16(9-12-27)20-15-26-21-5-3-2-4-18(20)21/h2-7,14-16,26H,8-13H2,1H3,(H,25,28)(H2,24,29,30). The van der Waals surface area contributed by atoms with Crippen molar-refractivity contribution in [2.24, 2.45) is 5.14 Å². The average molecular weight is 457 g/mol. The maximum absolute atomic E-state index is 12.6. The number of hydrogen-bond donors (Lipinski definition) is 3. The molecule has 1 aromatic heterocycles. The summed E-state index contributed by atoms with van der Waals surface area (Å²) in [5.41, 5.74) is 2.71. The fourth-order valence-corrected chi connectivity index (χ4v) is 4.90. The van der Waals surface area contributed by atoms with Gasteiger partial charge in [-0.2, -0.15) is 0 Å². The lowest BCUT2D eigenvalue weighted by Crippen LogP contribution is -2.39. The predicted molar refractivity (Wildman–Crippen MR) is 123 cm³/mol. The van der Waals surface area contributed by atoms with E-state index in [-0.39, 0.29) is 16.4 Å². The van der Waals surface area contributed by atoms with Crippen LogP contribution in [0.25, 0.3) is 10.9 Å². The van der Waals surface area contributed by atoms with Crippen LogP contribution in [0.15, 0.2) is 53.6 Å². The maximum Gasteiger partial charge on any atom is 0.255 e. The fraction of sp³-hybridized carbons (Fsp3) is 0.348. The molecule has 4 N–H and O–H groups in total. The molecular formula is C23H28N4O4S. The van der Waals surface area contributed by atoms with Gasteiger partial charge in [-0.25, -0.2) is 13.6 Å². The van der Waals surface area contributed by atoms with Gasteiger partial charge in [0.1, 0.15) is 5.75 Å². The van der Waals surface area contributed by atoms with Crippen molar-refractivity contribution in [3.63, 3.8) is 0 Å². The number of sulfonamides is 1. The van der Waals surface area contributed by atoms with Gasteiger partial charge in [-0.1, -0.05) is 18.2 Å². The summed E-state index contributed by atoms with van der Waals surface area (Å²) >= 11 is 0. The highest BCUT2D eigenvalue weighted by atomic mass is 32.2. The van der Waals surface area contributed by atoms with Crippen molar-refractivity contribution in [1.29, 1.82) is 0 Å². The number of piperidine rings is 1. The molecule has 2 aromatic carbocycles. The summed E-state index contributed by atoms with van der Waals surface area (Å²) in [6.07, 6.45) is 4.27. The third kappa shape index (κ3) is 4.79. The van der Waals surface area contributed by atoms with Crippen molar-refractivity contribution >= 4 is 26.8 Å². The minimum absolute atomic E-state index is 0.122. The number of methoxy groups -OCH3 is 1. The zero-order chi connectivity index (χ0) is 22.7. The van der Waals surface area contributed by atoms with E-state index < -0.39 is 10.0 Å². The third-order valence-electron chi connectivity index (χ3n) is 6.11. The van der Waals surface area contributed by atoms with Crippen LogP contribution in [-0.4, -0.2) is 57.5 Å². The highest BCUT2D eigenvalue weighted by Gasteiger charge is 2.23. The summed E-state index contributed by atoms with van der Waals surface area (Å²) < 4.78 is 28.4. The number of aromatic amines is 1. The number of carbonyl (C=O) groups is 1. The number of rotatable bonds is 7. The number of fused-ring (bicyclic) bond motifs is 1. The lowest BCUT2D eigenvalue weighted by atomic mass is 9.89. The molecule has 170 valence electrons. The number of hydrogen-bond acceptors (Lipinski definition) is 5. The van der Waals surface area contributed by atoms with Gasteiger partial charge >= 0.3 is 0 Å². The Hall–Kier alpha value is -2.88. The second-order valence-corrected chi connectivity index (χ2v) is 9.63. The Labute approximate surface area is 187 Å². The quantitative estimate of drug-likeness (QED) is 0.505. The van der Waals surface area contributed by atoms with Crippen molar-refractivity contribution in [2.45, 2.75) is 23.7 Å². The Morgan fingerprint density at radius 1 is 1.22 bits per heavy atom. The van der Waals surface area contributed by atoms with Gasteiger partial charge in [0.15, 0.2) is 0 Å². The van der Waals surface area contributed by atoms with E-state index in [9.17, 15) is 13.2 Å². The third-order valence-corrected chi connectivity index (χ3v) is 7.02. The molecule has 32 heavy (non-hydrogen) atoms. The maximum atomic E-state index is 12.6. The molecule has 1 aliphatic heterocycles. The molecule has 8 nitrogen and oxygen atoms in total. The number of nitrogens with one attached hydrogen (secondary N) is 2. The summed E-state index contributed by atoms with van der Waals surface area (Å²) in [6, 6.07) is 12.4. The number of benzene rings is 2. The fourth-order valence-electron chi connectivity index (χ4n) is 4.36. The summed E-state index contributed by atoms with van der Waals surface area (Å²) in [4.78, 5) is 18.2. The first-order valence-corrected chi connectivity index (χ1v) is 12.2. The summed E-state index contributed by atoms with van der Waals surface area (Å²) in [5, 5.41) is 9.34. The Morgan fingerprint density at radius 3 is 2.69 bits per heavy atom. The van der Waals surface area contributed by atoms with E-state index in [0.29, 0.717) is 18.2 Å².